The monoisotopic (exact) mass is 428 g/mol. The quantitative estimate of drug-likeness (QED) is 0.741. The molecule has 3 rings (SSSR count). The number of hydrogen-bond donors (Lipinski definition) is 1. The molecule has 0 aromatic heterocycles. The van der Waals surface area contributed by atoms with E-state index < -0.39 is 15.8 Å². The number of halogens is 1. The van der Waals surface area contributed by atoms with E-state index in [1.807, 2.05) is 24.3 Å². The zero-order valence-electron chi connectivity index (χ0n) is 16.0. The topological polar surface area (TPSA) is 91.3 Å². The van der Waals surface area contributed by atoms with Crippen molar-refractivity contribution >= 4 is 33.4 Å². The molecule has 1 aromatic rings. The van der Waals surface area contributed by atoms with Crippen molar-refractivity contribution in [3.05, 3.63) is 34.9 Å². The van der Waals surface area contributed by atoms with Crippen LogP contribution in [-0.4, -0.2) is 68.0 Å². The van der Waals surface area contributed by atoms with E-state index in [0.717, 1.165) is 5.56 Å². The first-order valence-corrected chi connectivity index (χ1v) is 10.9. The fourth-order valence-electron chi connectivity index (χ4n) is 3.34. The van der Waals surface area contributed by atoms with Gasteiger partial charge >= 0.3 is 0 Å². The molecule has 0 radical (unpaired) electrons. The smallest absolute Gasteiger partial charge is 0.281 e. The van der Waals surface area contributed by atoms with Crippen molar-refractivity contribution in [1.29, 1.82) is 0 Å². The van der Waals surface area contributed by atoms with Gasteiger partial charge in [-0.15, -0.1) is 0 Å². The Morgan fingerprint density at radius 2 is 1.93 bits per heavy atom. The summed E-state index contributed by atoms with van der Waals surface area (Å²) in [6.07, 6.45) is 2.10. The Balaban J connectivity index is 1.47. The van der Waals surface area contributed by atoms with Crippen LogP contribution in [0.15, 0.2) is 29.4 Å². The molecule has 2 aliphatic rings. The molecule has 1 fully saturated rings. The van der Waals surface area contributed by atoms with Crippen molar-refractivity contribution in [2.75, 3.05) is 33.7 Å². The first kappa shape index (κ1) is 21.0. The summed E-state index contributed by atoms with van der Waals surface area (Å²) < 4.78 is 27.1. The minimum Gasteiger partial charge on any atom is -0.388 e. The molecule has 28 heavy (non-hydrogen) atoms. The maximum Gasteiger partial charge on any atom is 0.281 e. The number of rotatable bonds is 6. The van der Waals surface area contributed by atoms with E-state index in [-0.39, 0.29) is 5.91 Å². The molecule has 0 atom stereocenters. The molecule has 0 unspecified atom stereocenters. The maximum atomic E-state index is 12.4. The van der Waals surface area contributed by atoms with Gasteiger partial charge in [-0.25, -0.2) is 0 Å². The summed E-state index contributed by atoms with van der Waals surface area (Å²) in [5.74, 6) is -0.241. The normalized spacial score (nSPS) is 19.5. The average Bonchev–Trinajstić information content (AvgIpc) is 3.07. The van der Waals surface area contributed by atoms with E-state index in [0.29, 0.717) is 56.1 Å². The number of hydrogen-bond acceptors (Lipinski definition) is 5. The Kier molecular flexibility index (Phi) is 6.28. The first-order valence-electron chi connectivity index (χ1n) is 9.17. The van der Waals surface area contributed by atoms with E-state index in [1.165, 1.54) is 22.7 Å². The van der Waals surface area contributed by atoms with E-state index >= 15 is 0 Å². The largest absolute Gasteiger partial charge is 0.388 e. The molecular weight excluding hydrogens is 404 g/mol. The highest BCUT2D eigenvalue weighted by atomic mass is 35.5. The summed E-state index contributed by atoms with van der Waals surface area (Å²) in [5, 5.41) is 7.52. The highest BCUT2D eigenvalue weighted by Crippen LogP contribution is 2.35. The third kappa shape index (κ3) is 4.65. The summed E-state index contributed by atoms with van der Waals surface area (Å²) in [7, 11) is -0.400. The van der Waals surface area contributed by atoms with Crippen LogP contribution >= 0.6 is 11.6 Å². The van der Waals surface area contributed by atoms with Crippen LogP contribution in [0.1, 0.15) is 24.8 Å². The predicted octanol–water partition coefficient (Wildman–Crippen LogP) is 1.42. The molecule has 1 aromatic carbocycles. The average molecular weight is 429 g/mol. The van der Waals surface area contributed by atoms with E-state index in [9.17, 15) is 13.2 Å². The number of piperidine rings is 1. The molecule has 1 N–H and O–H groups in total. The highest BCUT2D eigenvalue weighted by molar-refractivity contribution is 7.86. The van der Waals surface area contributed by atoms with Gasteiger partial charge < -0.3 is 10.2 Å². The van der Waals surface area contributed by atoms with Crippen LogP contribution < -0.4 is 5.32 Å². The van der Waals surface area contributed by atoms with Crippen LogP contribution in [-0.2, 0) is 26.3 Å². The molecule has 2 aliphatic heterocycles. The summed E-state index contributed by atoms with van der Waals surface area (Å²) in [6, 6.07) is 7.49. The number of benzene rings is 1. The number of carbonyl (C=O) groups excluding carboxylic acids is 1. The number of nitrogens with one attached hydrogen (secondary N) is 1. The fraction of sp³-hybridized carbons (Fsp3) is 0.556. The van der Waals surface area contributed by atoms with Gasteiger partial charge in [0, 0.05) is 58.0 Å². The van der Waals surface area contributed by atoms with Crippen molar-refractivity contribution in [2.24, 2.45) is 5.16 Å². The molecule has 0 aliphatic carbocycles. The van der Waals surface area contributed by atoms with Gasteiger partial charge in [0.15, 0.2) is 0 Å². The Morgan fingerprint density at radius 1 is 1.29 bits per heavy atom. The molecule has 8 nitrogen and oxygen atoms in total. The molecule has 1 spiro atoms. The minimum atomic E-state index is -3.43. The summed E-state index contributed by atoms with van der Waals surface area (Å²) >= 11 is 5.86. The lowest BCUT2D eigenvalue weighted by Gasteiger charge is -2.37. The van der Waals surface area contributed by atoms with E-state index in [1.54, 1.807) is 0 Å². The van der Waals surface area contributed by atoms with E-state index in [2.05, 4.69) is 10.5 Å². The molecule has 1 saturated heterocycles. The van der Waals surface area contributed by atoms with Gasteiger partial charge in [-0.05, 0) is 24.1 Å². The third-order valence-corrected chi connectivity index (χ3v) is 7.33. The van der Waals surface area contributed by atoms with Crippen molar-refractivity contribution in [3.8, 4) is 0 Å². The molecule has 0 saturated carbocycles. The zero-order chi connectivity index (χ0) is 20.4. The lowest BCUT2D eigenvalue weighted by atomic mass is 9.87. The molecule has 0 bridgehead atoms. The Labute approximate surface area is 170 Å². The van der Waals surface area contributed by atoms with Crippen LogP contribution in [0.3, 0.4) is 0 Å². The summed E-state index contributed by atoms with van der Waals surface area (Å²) in [5.41, 5.74) is 0.863. The fourth-order valence-corrected chi connectivity index (χ4v) is 4.57. The van der Waals surface area contributed by atoms with Crippen LogP contribution in [0.4, 0.5) is 0 Å². The van der Waals surface area contributed by atoms with Crippen molar-refractivity contribution in [1.82, 2.24) is 13.9 Å². The van der Waals surface area contributed by atoms with Crippen LogP contribution in [0.5, 0.6) is 0 Å². The van der Waals surface area contributed by atoms with Crippen molar-refractivity contribution < 1.29 is 18.0 Å². The maximum absolute atomic E-state index is 12.4. The second-order valence-electron chi connectivity index (χ2n) is 7.31. The van der Waals surface area contributed by atoms with Gasteiger partial charge in [0.25, 0.3) is 16.1 Å². The number of carbonyl (C=O) groups is 1. The number of oxime groups is 1. The van der Waals surface area contributed by atoms with Crippen LogP contribution in [0.2, 0.25) is 5.02 Å². The second kappa shape index (κ2) is 8.36. The minimum absolute atomic E-state index is 0.241. The SMILES string of the molecule is CN(C)S(=O)(=O)N1CCC2(CC1)CC(C(=O)NCCc1ccc(Cl)cc1)=NO2. The van der Waals surface area contributed by atoms with Gasteiger partial charge in [0.2, 0.25) is 0 Å². The standard InChI is InChI=1S/C18H25ClN4O4S/c1-22(2)28(25,26)23-11-8-18(9-12-23)13-16(21-27-18)17(24)20-10-7-14-3-5-15(19)6-4-14/h3-6H,7-13H2,1-2H3,(H,20,24). The van der Waals surface area contributed by atoms with Gasteiger partial charge in [-0.2, -0.15) is 17.0 Å². The lowest BCUT2D eigenvalue weighted by Crippen LogP contribution is -2.50. The molecule has 1 amide bonds. The van der Waals surface area contributed by atoms with E-state index in [4.69, 9.17) is 16.4 Å². The van der Waals surface area contributed by atoms with Crippen molar-refractivity contribution in [2.45, 2.75) is 31.3 Å². The molecule has 10 heteroatoms. The number of amides is 1. The summed E-state index contributed by atoms with van der Waals surface area (Å²) in [4.78, 5) is 18.0. The Morgan fingerprint density at radius 3 is 2.54 bits per heavy atom. The van der Waals surface area contributed by atoms with Crippen LogP contribution in [0, 0.1) is 0 Å². The molecule has 2 heterocycles. The first-order chi connectivity index (χ1) is 13.2. The zero-order valence-corrected chi connectivity index (χ0v) is 17.6. The van der Waals surface area contributed by atoms with Crippen molar-refractivity contribution in [3.63, 3.8) is 0 Å². The van der Waals surface area contributed by atoms with Gasteiger partial charge in [0.1, 0.15) is 11.3 Å². The highest BCUT2D eigenvalue weighted by Gasteiger charge is 2.45. The summed E-state index contributed by atoms with van der Waals surface area (Å²) in [6.45, 7) is 1.18. The molecular formula is C18H25ClN4O4S. The lowest BCUT2D eigenvalue weighted by molar-refractivity contribution is -0.114. The van der Waals surface area contributed by atoms with Crippen LogP contribution in [0.25, 0.3) is 0 Å². The number of nitrogens with zero attached hydrogens (tertiary/aromatic N) is 3. The Hall–Kier alpha value is -1.68. The predicted molar refractivity (Wildman–Crippen MR) is 107 cm³/mol. The Bertz CT molecular complexity index is 847. The van der Waals surface area contributed by atoms with Gasteiger partial charge in [-0.1, -0.05) is 28.9 Å². The van der Waals surface area contributed by atoms with Gasteiger partial charge in [0.05, 0.1) is 0 Å². The third-order valence-electron chi connectivity index (χ3n) is 5.14. The molecule has 154 valence electrons. The second-order valence-corrected chi connectivity index (χ2v) is 9.89. The van der Waals surface area contributed by atoms with Gasteiger partial charge in [-0.3, -0.25) is 4.79 Å².